The molecule has 29 heavy (non-hydrogen) atoms. The lowest BCUT2D eigenvalue weighted by Gasteiger charge is -2.23. The number of halogens is 2. The second-order valence-electron chi connectivity index (χ2n) is 6.66. The lowest BCUT2D eigenvalue weighted by atomic mass is 9.96. The molecule has 4 N–H and O–H groups in total. The quantitative estimate of drug-likeness (QED) is 0.603. The Bertz CT molecular complexity index is 844. The molecule has 0 bridgehead atoms. The van der Waals surface area contributed by atoms with Gasteiger partial charge in [-0.15, -0.1) is 24.8 Å². The van der Waals surface area contributed by atoms with E-state index in [1.165, 1.54) is 13.2 Å². The number of nitrogens with two attached hydrogens (primary N) is 1. The Labute approximate surface area is 183 Å². The van der Waals surface area contributed by atoms with E-state index in [0.717, 1.165) is 12.0 Å². The van der Waals surface area contributed by atoms with Gasteiger partial charge >= 0.3 is 0 Å². The highest BCUT2D eigenvalue weighted by molar-refractivity contribution is 5.97. The minimum absolute atomic E-state index is 0. The van der Waals surface area contributed by atoms with Gasteiger partial charge in [0.25, 0.3) is 5.91 Å². The minimum Gasteiger partial charge on any atom is -0.457 e. The summed E-state index contributed by atoms with van der Waals surface area (Å²) in [5.74, 6) is 0.502. The fourth-order valence-corrected chi connectivity index (χ4v) is 2.55. The summed E-state index contributed by atoms with van der Waals surface area (Å²) in [4.78, 5) is 28.1. The van der Waals surface area contributed by atoms with E-state index in [1.54, 1.807) is 31.2 Å². The first-order valence-electron chi connectivity index (χ1n) is 8.84. The molecule has 1 aromatic heterocycles. The Hall–Kier alpha value is -2.35. The predicted octanol–water partition coefficient (Wildman–Crippen LogP) is 3.84. The van der Waals surface area contributed by atoms with Crippen LogP contribution in [0.4, 0.5) is 5.69 Å². The van der Waals surface area contributed by atoms with Crippen molar-refractivity contribution in [2.75, 3.05) is 12.4 Å². The van der Waals surface area contributed by atoms with Gasteiger partial charge < -0.3 is 21.1 Å². The molecule has 0 fully saturated rings. The molecule has 0 saturated heterocycles. The zero-order chi connectivity index (χ0) is 20.0. The van der Waals surface area contributed by atoms with Crippen LogP contribution in [0.3, 0.4) is 0 Å². The summed E-state index contributed by atoms with van der Waals surface area (Å²) in [6, 6.07) is 8.59. The van der Waals surface area contributed by atoms with Gasteiger partial charge in [0.1, 0.15) is 17.2 Å². The third kappa shape index (κ3) is 7.20. The summed E-state index contributed by atoms with van der Waals surface area (Å²) in [5, 5.41) is 5.36. The van der Waals surface area contributed by atoms with Gasteiger partial charge in [0, 0.05) is 31.1 Å². The highest BCUT2D eigenvalue weighted by Gasteiger charge is 2.27. The van der Waals surface area contributed by atoms with Crippen LogP contribution in [0.5, 0.6) is 11.5 Å². The van der Waals surface area contributed by atoms with Crippen LogP contribution in [0.15, 0.2) is 36.5 Å². The highest BCUT2D eigenvalue weighted by Crippen LogP contribution is 2.28. The molecular formula is C20H28Cl2N4O3. The number of ether oxygens (including phenoxy) is 1. The van der Waals surface area contributed by atoms with Crippen LogP contribution in [0.1, 0.15) is 42.7 Å². The molecule has 0 aliphatic heterocycles. The van der Waals surface area contributed by atoms with Crippen molar-refractivity contribution >= 4 is 42.3 Å². The summed E-state index contributed by atoms with van der Waals surface area (Å²) < 4.78 is 5.90. The summed E-state index contributed by atoms with van der Waals surface area (Å²) in [7, 11) is 1.54. The minimum atomic E-state index is -0.936. The first-order chi connectivity index (χ1) is 12.8. The van der Waals surface area contributed by atoms with E-state index in [0.29, 0.717) is 23.6 Å². The maximum absolute atomic E-state index is 12.4. The molecule has 0 saturated carbocycles. The van der Waals surface area contributed by atoms with Crippen LogP contribution in [0, 0.1) is 6.92 Å². The average molecular weight is 443 g/mol. The van der Waals surface area contributed by atoms with Crippen molar-refractivity contribution in [3.05, 3.63) is 47.8 Å². The fourth-order valence-electron chi connectivity index (χ4n) is 2.55. The predicted molar refractivity (Wildman–Crippen MR) is 120 cm³/mol. The molecule has 2 amide bonds. The largest absolute Gasteiger partial charge is 0.457 e. The van der Waals surface area contributed by atoms with Gasteiger partial charge in [-0.05, 0) is 38.0 Å². The van der Waals surface area contributed by atoms with E-state index in [2.05, 4.69) is 15.6 Å². The Morgan fingerprint density at radius 1 is 1.21 bits per heavy atom. The number of aryl methyl sites for hydroxylation is 1. The van der Waals surface area contributed by atoms with Gasteiger partial charge in [0.15, 0.2) is 0 Å². The Balaban J connectivity index is 0.00000392. The van der Waals surface area contributed by atoms with Crippen molar-refractivity contribution in [2.45, 2.75) is 39.2 Å². The van der Waals surface area contributed by atoms with E-state index < -0.39 is 5.54 Å². The number of benzene rings is 1. The molecule has 1 atom stereocenters. The number of hydrogen-bond acceptors (Lipinski definition) is 5. The molecule has 1 aromatic carbocycles. The van der Waals surface area contributed by atoms with Crippen LogP contribution in [0.25, 0.3) is 0 Å². The number of rotatable bonds is 7. The Morgan fingerprint density at radius 2 is 1.90 bits per heavy atom. The molecule has 1 unspecified atom stereocenters. The van der Waals surface area contributed by atoms with Crippen LogP contribution in [0.2, 0.25) is 0 Å². The van der Waals surface area contributed by atoms with Crippen LogP contribution >= 0.6 is 24.8 Å². The van der Waals surface area contributed by atoms with Gasteiger partial charge in [0.2, 0.25) is 5.91 Å². The molecule has 0 aliphatic carbocycles. The zero-order valence-electron chi connectivity index (χ0n) is 16.9. The molecule has 2 rings (SSSR count). The van der Waals surface area contributed by atoms with E-state index in [-0.39, 0.29) is 42.3 Å². The number of amides is 2. The number of carbonyl (C=O) groups excluding carboxylic acids is 2. The van der Waals surface area contributed by atoms with E-state index in [1.807, 2.05) is 19.9 Å². The average Bonchev–Trinajstić information content (AvgIpc) is 2.64. The van der Waals surface area contributed by atoms with Crippen molar-refractivity contribution < 1.29 is 14.3 Å². The van der Waals surface area contributed by atoms with E-state index in [9.17, 15) is 9.59 Å². The maximum atomic E-state index is 12.4. The fraction of sp³-hybridized carbons (Fsp3) is 0.350. The van der Waals surface area contributed by atoms with Gasteiger partial charge in [-0.2, -0.15) is 0 Å². The number of carbonyl (C=O) groups is 2. The first kappa shape index (κ1) is 26.6. The number of aromatic nitrogens is 1. The molecule has 9 heteroatoms. The van der Waals surface area contributed by atoms with E-state index in [4.69, 9.17) is 10.5 Å². The van der Waals surface area contributed by atoms with Crippen molar-refractivity contribution in [2.24, 2.45) is 5.73 Å². The SMILES string of the molecule is CCCC(C)(N)C(=O)Nc1ccc(C)c(Oc2ccnc(C(=O)NC)c2)c1.Cl.Cl. The topological polar surface area (TPSA) is 106 Å². The summed E-state index contributed by atoms with van der Waals surface area (Å²) in [5.41, 5.74) is 6.88. The van der Waals surface area contributed by atoms with E-state index >= 15 is 0 Å². The normalized spacial score (nSPS) is 11.9. The molecule has 0 aliphatic rings. The Kier molecular flexibility index (Phi) is 10.7. The van der Waals surface area contributed by atoms with Crippen molar-refractivity contribution in [3.8, 4) is 11.5 Å². The van der Waals surface area contributed by atoms with Gasteiger partial charge in [-0.1, -0.05) is 19.4 Å². The lowest BCUT2D eigenvalue weighted by Crippen LogP contribution is -2.48. The number of pyridine rings is 1. The second kappa shape index (κ2) is 11.6. The van der Waals surface area contributed by atoms with Gasteiger partial charge in [-0.3, -0.25) is 14.6 Å². The van der Waals surface area contributed by atoms with Gasteiger partial charge in [0.05, 0.1) is 5.54 Å². The van der Waals surface area contributed by atoms with Gasteiger partial charge in [-0.25, -0.2) is 0 Å². The second-order valence-corrected chi connectivity index (χ2v) is 6.66. The standard InChI is InChI=1S/C20H26N4O3.2ClH/c1-5-9-20(3,21)19(26)24-14-7-6-13(2)17(11-14)27-15-8-10-23-16(12-15)18(25)22-4;;/h6-8,10-12H,5,9,21H2,1-4H3,(H,22,25)(H,24,26);2*1H. The number of nitrogens with one attached hydrogen (secondary N) is 2. The van der Waals surface area contributed by atoms with Crippen LogP contribution in [-0.2, 0) is 4.79 Å². The molecule has 1 heterocycles. The lowest BCUT2D eigenvalue weighted by molar-refractivity contribution is -0.120. The molecular weight excluding hydrogens is 415 g/mol. The summed E-state index contributed by atoms with van der Waals surface area (Å²) in [6.07, 6.45) is 2.91. The first-order valence-corrected chi connectivity index (χ1v) is 8.84. The van der Waals surface area contributed by atoms with Crippen molar-refractivity contribution in [1.82, 2.24) is 10.3 Å². The summed E-state index contributed by atoms with van der Waals surface area (Å²) >= 11 is 0. The molecule has 160 valence electrons. The number of anilines is 1. The smallest absolute Gasteiger partial charge is 0.269 e. The molecule has 2 aromatic rings. The van der Waals surface area contributed by atoms with Crippen LogP contribution < -0.4 is 21.1 Å². The monoisotopic (exact) mass is 442 g/mol. The molecule has 0 spiro atoms. The van der Waals surface area contributed by atoms with Crippen molar-refractivity contribution in [1.29, 1.82) is 0 Å². The van der Waals surface area contributed by atoms with Crippen LogP contribution in [-0.4, -0.2) is 29.4 Å². The number of nitrogens with zero attached hydrogens (tertiary/aromatic N) is 1. The zero-order valence-corrected chi connectivity index (χ0v) is 18.6. The number of hydrogen-bond donors (Lipinski definition) is 3. The highest BCUT2D eigenvalue weighted by atomic mass is 35.5. The van der Waals surface area contributed by atoms with Crippen molar-refractivity contribution in [3.63, 3.8) is 0 Å². The summed E-state index contributed by atoms with van der Waals surface area (Å²) in [6.45, 7) is 5.60. The molecule has 0 radical (unpaired) electrons. The maximum Gasteiger partial charge on any atom is 0.269 e. The Morgan fingerprint density at radius 3 is 2.52 bits per heavy atom. The molecule has 7 nitrogen and oxygen atoms in total. The third-order valence-corrected chi connectivity index (χ3v) is 4.15. The third-order valence-electron chi connectivity index (χ3n) is 4.15.